The molecule has 0 radical (unpaired) electrons. The minimum atomic E-state index is -0.876. The van der Waals surface area contributed by atoms with E-state index in [0.29, 0.717) is 13.1 Å². The standard InChI is InChI=1S/C24H26N6O/c1-24(2,30-18-25-17-27-30)23(31)29(16-22-26-12-13-28(22)3)15-19-8-7-11-21(14-19)20-9-5-4-6-10-20/h4-14,17-18H,15-16H2,1-3H3. The van der Waals surface area contributed by atoms with E-state index in [4.69, 9.17) is 0 Å². The molecule has 2 aromatic carbocycles. The highest BCUT2D eigenvalue weighted by Crippen LogP contribution is 2.24. The highest BCUT2D eigenvalue weighted by molar-refractivity contribution is 5.83. The summed E-state index contributed by atoms with van der Waals surface area (Å²) in [4.78, 5) is 23.9. The average molecular weight is 415 g/mol. The fourth-order valence-corrected chi connectivity index (χ4v) is 3.60. The van der Waals surface area contributed by atoms with Crippen LogP contribution in [0.5, 0.6) is 0 Å². The maximum absolute atomic E-state index is 13.7. The van der Waals surface area contributed by atoms with E-state index in [9.17, 15) is 4.79 Å². The highest BCUT2D eigenvalue weighted by atomic mass is 16.2. The molecule has 0 aliphatic rings. The van der Waals surface area contributed by atoms with E-state index in [0.717, 1.165) is 22.5 Å². The van der Waals surface area contributed by atoms with Crippen LogP contribution >= 0.6 is 0 Å². The van der Waals surface area contributed by atoms with Gasteiger partial charge in [-0.05, 0) is 36.6 Å². The molecule has 7 nitrogen and oxygen atoms in total. The first-order valence-corrected chi connectivity index (χ1v) is 10.2. The number of imidazole rings is 1. The van der Waals surface area contributed by atoms with E-state index in [1.54, 1.807) is 17.2 Å². The molecule has 0 unspecified atom stereocenters. The van der Waals surface area contributed by atoms with Crippen LogP contribution < -0.4 is 0 Å². The third-order valence-corrected chi connectivity index (χ3v) is 5.46. The number of aromatic nitrogens is 5. The van der Waals surface area contributed by atoms with E-state index in [-0.39, 0.29) is 5.91 Å². The Labute approximate surface area is 182 Å². The molecule has 0 saturated heterocycles. The van der Waals surface area contributed by atoms with Gasteiger partial charge in [-0.1, -0.05) is 48.5 Å². The van der Waals surface area contributed by atoms with E-state index in [1.807, 2.05) is 66.9 Å². The molecule has 0 spiro atoms. The number of rotatable bonds is 7. The van der Waals surface area contributed by atoms with Gasteiger partial charge in [-0.15, -0.1) is 0 Å². The monoisotopic (exact) mass is 414 g/mol. The predicted molar refractivity (Wildman–Crippen MR) is 119 cm³/mol. The second-order valence-electron chi connectivity index (χ2n) is 8.08. The smallest absolute Gasteiger partial charge is 0.250 e. The lowest BCUT2D eigenvalue weighted by molar-refractivity contribution is -0.141. The van der Waals surface area contributed by atoms with Crippen LogP contribution in [-0.4, -0.2) is 35.1 Å². The van der Waals surface area contributed by atoms with Gasteiger partial charge in [0.05, 0.1) is 6.54 Å². The maximum atomic E-state index is 13.7. The van der Waals surface area contributed by atoms with Crippen molar-refractivity contribution in [3.05, 3.63) is 91.0 Å². The lowest BCUT2D eigenvalue weighted by Crippen LogP contribution is -2.47. The lowest BCUT2D eigenvalue weighted by Gasteiger charge is -2.32. The molecule has 4 rings (SSSR count). The van der Waals surface area contributed by atoms with Crippen LogP contribution in [0, 0.1) is 0 Å². The Morgan fingerprint density at radius 2 is 1.81 bits per heavy atom. The molecule has 2 heterocycles. The van der Waals surface area contributed by atoms with Gasteiger partial charge in [0.2, 0.25) is 0 Å². The minimum absolute atomic E-state index is 0.0499. The zero-order valence-electron chi connectivity index (χ0n) is 18.0. The van der Waals surface area contributed by atoms with Gasteiger partial charge in [-0.3, -0.25) is 4.79 Å². The second kappa shape index (κ2) is 8.55. The van der Waals surface area contributed by atoms with Crippen LogP contribution in [-0.2, 0) is 30.5 Å². The maximum Gasteiger partial charge on any atom is 0.250 e. The summed E-state index contributed by atoms with van der Waals surface area (Å²) in [7, 11) is 1.93. The summed E-state index contributed by atoms with van der Waals surface area (Å²) in [6.45, 7) is 4.58. The Morgan fingerprint density at radius 3 is 2.48 bits per heavy atom. The lowest BCUT2D eigenvalue weighted by atomic mass is 10.0. The van der Waals surface area contributed by atoms with Crippen LogP contribution in [0.4, 0.5) is 0 Å². The Morgan fingerprint density at radius 1 is 1.03 bits per heavy atom. The summed E-state index contributed by atoms with van der Waals surface area (Å²) < 4.78 is 3.53. The van der Waals surface area contributed by atoms with E-state index < -0.39 is 5.54 Å². The van der Waals surface area contributed by atoms with Gasteiger partial charge in [-0.2, -0.15) is 5.10 Å². The van der Waals surface area contributed by atoms with Gasteiger partial charge in [0.1, 0.15) is 24.0 Å². The largest absolute Gasteiger partial charge is 0.337 e. The van der Waals surface area contributed by atoms with Crippen molar-refractivity contribution in [2.45, 2.75) is 32.5 Å². The molecule has 0 N–H and O–H groups in total. The van der Waals surface area contributed by atoms with Crippen LogP contribution in [0.2, 0.25) is 0 Å². The predicted octanol–water partition coefficient (Wildman–Crippen LogP) is 3.64. The van der Waals surface area contributed by atoms with E-state index in [2.05, 4.69) is 39.3 Å². The summed E-state index contributed by atoms with van der Waals surface area (Å²) in [5.41, 5.74) is 2.45. The zero-order chi connectivity index (χ0) is 21.8. The fourth-order valence-electron chi connectivity index (χ4n) is 3.60. The molecule has 2 aromatic heterocycles. The molecule has 1 amide bonds. The third kappa shape index (κ3) is 4.40. The Bertz CT molecular complexity index is 1150. The first-order chi connectivity index (χ1) is 14.9. The fraction of sp³-hybridized carbons (Fsp3) is 0.250. The number of aryl methyl sites for hydroxylation is 1. The van der Waals surface area contributed by atoms with E-state index in [1.165, 1.54) is 6.33 Å². The van der Waals surface area contributed by atoms with Crippen LogP contribution in [0.3, 0.4) is 0 Å². The normalized spacial score (nSPS) is 11.5. The van der Waals surface area contributed by atoms with Gasteiger partial charge >= 0.3 is 0 Å². The number of benzene rings is 2. The average Bonchev–Trinajstić information content (AvgIpc) is 3.46. The molecule has 4 aromatic rings. The number of hydrogen-bond acceptors (Lipinski definition) is 4. The van der Waals surface area contributed by atoms with Crippen molar-refractivity contribution in [3.8, 4) is 11.1 Å². The first-order valence-electron chi connectivity index (χ1n) is 10.2. The summed E-state index contributed by atoms with van der Waals surface area (Å²) >= 11 is 0. The first kappa shape index (κ1) is 20.5. The zero-order valence-corrected chi connectivity index (χ0v) is 18.0. The van der Waals surface area contributed by atoms with Crippen molar-refractivity contribution < 1.29 is 4.79 Å². The SMILES string of the molecule is Cn1ccnc1CN(Cc1cccc(-c2ccccc2)c1)C(=O)C(C)(C)n1cncn1. The van der Waals surface area contributed by atoms with Crippen LogP contribution in [0.15, 0.2) is 79.6 Å². The van der Waals surface area contributed by atoms with Gasteiger partial charge < -0.3 is 9.47 Å². The molecule has 0 atom stereocenters. The van der Waals surface area contributed by atoms with E-state index >= 15 is 0 Å². The summed E-state index contributed by atoms with van der Waals surface area (Å²) in [5.74, 6) is 0.771. The topological polar surface area (TPSA) is 68.8 Å². The molecule has 158 valence electrons. The van der Waals surface area contributed by atoms with Crippen molar-refractivity contribution >= 4 is 5.91 Å². The molecule has 0 aliphatic carbocycles. The number of nitrogens with zero attached hydrogens (tertiary/aromatic N) is 6. The van der Waals surface area contributed by atoms with Crippen molar-refractivity contribution in [3.63, 3.8) is 0 Å². The van der Waals surface area contributed by atoms with Gasteiger partial charge in [-0.25, -0.2) is 14.6 Å². The van der Waals surface area contributed by atoms with Gasteiger partial charge in [0, 0.05) is 26.0 Å². The van der Waals surface area contributed by atoms with Crippen LogP contribution in [0.1, 0.15) is 25.2 Å². The molecule has 7 heteroatoms. The Hall–Kier alpha value is -3.74. The number of carbonyl (C=O) groups excluding carboxylic acids is 1. The summed E-state index contributed by atoms with van der Waals surface area (Å²) in [6, 6.07) is 18.5. The molecule has 0 aliphatic heterocycles. The quantitative estimate of drug-likeness (QED) is 0.463. The van der Waals surface area contributed by atoms with Crippen molar-refractivity contribution in [2.24, 2.45) is 7.05 Å². The third-order valence-electron chi connectivity index (χ3n) is 5.46. The summed E-state index contributed by atoms with van der Waals surface area (Å²) in [6.07, 6.45) is 6.65. The van der Waals surface area contributed by atoms with Crippen molar-refractivity contribution in [2.75, 3.05) is 0 Å². The Balaban J connectivity index is 1.65. The van der Waals surface area contributed by atoms with Crippen LogP contribution in [0.25, 0.3) is 11.1 Å². The van der Waals surface area contributed by atoms with Crippen molar-refractivity contribution in [1.29, 1.82) is 0 Å². The van der Waals surface area contributed by atoms with Gasteiger partial charge in [0.15, 0.2) is 0 Å². The number of hydrogen-bond donors (Lipinski definition) is 0. The molecule has 0 saturated carbocycles. The minimum Gasteiger partial charge on any atom is -0.337 e. The summed E-state index contributed by atoms with van der Waals surface area (Å²) in [5, 5.41) is 4.20. The molecule has 31 heavy (non-hydrogen) atoms. The van der Waals surface area contributed by atoms with Crippen molar-refractivity contribution in [1.82, 2.24) is 29.2 Å². The molecular formula is C24H26N6O. The second-order valence-corrected chi connectivity index (χ2v) is 8.08. The number of carbonyl (C=O) groups is 1. The van der Waals surface area contributed by atoms with Gasteiger partial charge in [0.25, 0.3) is 5.91 Å². The molecule has 0 fully saturated rings. The highest BCUT2D eigenvalue weighted by Gasteiger charge is 2.35. The molecular weight excluding hydrogens is 388 g/mol. The Kier molecular flexibility index (Phi) is 5.66. The molecule has 0 bridgehead atoms. The number of amides is 1.